The molecular weight excluding hydrogens is 148 g/mol. The van der Waals surface area contributed by atoms with Gasteiger partial charge >= 0.3 is 0 Å². The molecule has 0 radical (unpaired) electrons. The molecule has 0 heterocycles. The molecule has 0 bridgehead atoms. The highest BCUT2D eigenvalue weighted by atomic mass is 32.2. The number of allylic oxidation sites excluding steroid dienone is 1. The Morgan fingerprint density at radius 1 is 1.60 bits per heavy atom. The highest BCUT2D eigenvalue weighted by Crippen LogP contribution is 2.04. The van der Waals surface area contributed by atoms with Crippen LogP contribution in [0.25, 0.3) is 0 Å². The molecule has 0 fully saturated rings. The van der Waals surface area contributed by atoms with E-state index in [4.69, 9.17) is 10.2 Å². The third-order valence-corrected chi connectivity index (χ3v) is 2.13. The van der Waals surface area contributed by atoms with E-state index < -0.39 is 6.10 Å². The van der Waals surface area contributed by atoms with Gasteiger partial charge in [-0.2, -0.15) is 11.8 Å². The number of thioether (sulfide) groups is 1. The summed E-state index contributed by atoms with van der Waals surface area (Å²) in [5.74, 6) is 1.59. The summed E-state index contributed by atoms with van der Waals surface area (Å²) in [6.45, 7) is 3.43. The lowest BCUT2D eigenvalue weighted by Crippen LogP contribution is -2.14. The van der Waals surface area contributed by atoms with E-state index in [0.29, 0.717) is 5.75 Å². The third kappa shape index (κ3) is 6.13. The molecule has 2 nitrogen and oxygen atoms in total. The van der Waals surface area contributed by atoms with Crippen molar-refractivity contribution in [2.75, 3.05) is 18.1 Å². The zero-order valence-corrected chi connectivity index (χ0v) is 6.81. The zero-order chi connectivity index (χ0) is 7.82. The van der Waals surface area contributed by atoms with Crippen LogP contribution in [0.3, 0.4) is 0 Å². The summed E-state index contributed by atoms with van der Waals surface area (Å²) in [5, 5.41) is 17.3. The molecule has 0 spiro atoms. The standard InChI is InChI=1S/C7H14O2S/c1-2-3-4-10-6-7(9)5-8/h2,7-9H,1,3-6H2. The van der Waals surface area contributed by atoms with E-state index in [-0.39, 0.29) is 6.61 Å². The first-order valence-corrected chi connectivity index (χ1v) is 4.44. The predicted molar refractivity (Wildman–Crippen MR) is 45.2 cm³/mol. The Hall–Kier alpha value is 0.01000. The van der Waals surface area contributed by atoms with Crippen LogP contribution in [0.2, 0.25) is 0 Å². The second kappa shape index (κ2) is 7.12. The van der Waals surface area contributed by atoms with Gasteiger partial charge in [-0.05, 0) is 12.2 Å². The fourth-order valence-electron chi connectivity index (χ4n) is 0.439. The van der Waals surface area contributed by atoms with Gasteiger partial charge < -0.3 is 10.2 Å². The Balaban J connectivity index is 2.95. The molecule has 10 heavy (non-hydrogen) atoms. The summed E-state index contributed by atoms with van der Waals surface area (Å²) >= 11 is 1.63. The molecule has 3 heteroatoms. The van der Waals surface area contributed by atoms with Gasteiger partial charge in [-0.25, -0.2) is 0 Å². The lowest BCUT2D eigenvalue weighted by atomic mass is 10.4. The molecule has 0 aromatic heterocycles. The maximum atomic E-state index is 8.86. The van der Waals surface area contributed by atoms with Gasteiger partial charge in [0.25, 0.3) is 0 Å². The van der Waals surface area contributed by atoms with Crippen molar-refractivity contribution < 1.29 is 10.2 Å². The average Bonchev–Trinajstić information content (AvgIpc) is 1.98. The van der Waals surface area contributed by atoms with E-state index in [1.807, 2.05) is 6.08 Å². The predicted octanol–water partition coefficient (Wildman–Crippen LogP) is 0.649. The molecule has 0 rings (SSSR count). The minimum atomic E-state index is -0.560. The SMILES string of the molecule is C=CCCSCC(O)CO. The molecular formula is C7H14O2S. The van der Waals surface area contributed by atoms with Gasteiger partial charge in [0.1, 0.15) is 0 Å². The molecule has 0 aromatic rings. The minimum Gasteiger partial charge on any atom is -0.394 e. The highest BCUT2D eigenvalue weighted by molar-refractivity contribution is 7.99. The number of aliphatic hydroxyl groups excluding tert-OH is 2. The second-order valence-corrected chi connectivity index (χ2v) is 3.14. The van der Waals surface area contributed by atoms with E-state index in [1.165, 1.54) is 0 Å². The smallest absolute Gasteiger partial charge is 0.0861 e. The molecule has 0 aliphatic rings. The molecule has 1 unspecified atom stereocenters. The van der Waals surface area contributed by atoms with Crippen molar-refractivity contribution in [2.24, 2.45) is 0 Å². The van der Waals surface area contributed by atoms with Crippen molar-refractivity contribution in [3.8, 4) is 0 Å². The molecule has 1 atom stereocenters. The maximum Gasteiger partial charge on any atom is 0.0861 e. The molecule has 0 saturated heterocycles. The van der Waals surface area contributed by atoms with Gasteiger partial charge in [0, 0.05) is 5.75 Å². The molecule has 0 saturated carbocycles. The topological polar surface area (TPSA) is 40.5 Å². The van der Waals surface area contributed by atoms with E-state index >= 15 is 0 Å². The Morgan fingerprint density at radius 3 is 2.80 bits per heavy atom. The van der Waals surface area contributed by atoms with Crippen molar-refractivity contribution in [1.29, 1.82) is 0 Å². The number of hydrogen-bond donors (Lipinski definition) is 2. The van der Waals surface area contributed by atoms with Gasteiger partial charge in [-0.15, -0.1) is 6.58 Å². The lowest BCUT2D eigenvalue weighted by molar-refractivity contribution is 0.113. The summed E-state index contributed by atoms with van der Waals surface area (Å²) < 4.78 is 0. The largest absolute Gasteiger partial charge is 0.394 e. The van der Waals surface area contributed by atoms with Crippen LogP contribution < -0.4 is 0 Å². The lowest BCUT2D eigenvalue weighted by Gasteiger charge is -2.04. The quantitative estimate of drug-likeness (QED) is 0.445. The van der Waals surface area contributed by atoms with Crippen molar-refractivity contribution in [3.63, 3.8) is 0 Å². The highest BCUT2D eigenvalue weighted by Gasteiger charge is 1.99. The van der Waals surface area contributed by atoms with Crippen molar-refractivity contribution >= 4 is 11.8 Å². The van der Waals surface area contributed by atoms with Crippen LogP contribution in [0, 0.1) is 0 Å². The number of rotatable bonds is 6. The molecule has 0 aliphatic heterocycles. The summed E-state index contributed by atoms with van der Waals surface area (Å²) in [7, 11) is 0. The van der Waals surface area contributed by atoms with E-state index in [9.17, 15) is 0 Å². The van der Waals surface area contributed by atoms with E-state index in [0.717, 1.165) is 12.2 Å². The van der Waals surface area contributed by atoms with Crippen LogP contribution in [0.4, 0.5) is 0 Å². The van der Waals surface area contributed by atoms with Gasteiger partial charge in [-0.3, -0.25) is 0 Å². The van der Waals surface area contributed by atoms with Crippen molar-refractivity contribution in [3.05, 3.63) is 12.7 Å². The Bertz CT molecular complexity index is 85.7. The zero-order valence-electron chi connectivity index (χ0n) is 5.99. The summed E-state index contributed by atoms with van der Waals surface area (Å²) in [6, 6.07) is 0. The normalized spacial score (nSPS) is 13.0. The number of hydrogen-bond acceptors (Lipinski definition) is 3. The first-order valence-electron chi connectivity index (χ1n) is 3.28. The van der Waals surface area contributed by atoms with Crippen LogP contribution in [0.15, 0.2) is 12.7 Å². The Labute approximate surface area is 66.0 Å². The maximum absolute atomic E-state index is 8.86. The fraction of sp³-hybridized carbons (Fsp3) is 0.714. The van der Waals surface area contributed by atoms with E-state index in [2.05, 4.69) is 6.58 Å². The monoisotopic (exact) mass is 162 g/mol. The summed E-state index contributed by atoms with van der Waals surface area (Å²) in [5.41, 5.74) is 0. The van der Waals surface area contributed by atoms with E-state index in [1.54, 1.807) is 11.8 Å². The third-order valence-electron chi connectivity index (χ3n) is 0.987. The van der Waals surface area contributed by atoms with Crippen LogP contribution in [0.5, 0.6) is 0 Å². The number of aliphatic hydroxyl groups is 2. The average molecular weight is 162 g/mol. The van der Waals surface area contributed by atoms with Crippen LogP contribution in [-0.2, 0) is 0 Å². The fourth-order valence-corrected chi connectivity index (χ4v) is 1.32. The molecule has 0 aliphatic carbocycles. The molecule has 60 valence electrons. The Kier molecular flexibility index (Phi) is 7.13. The van der Waals surface area contributed by atoms with Gasteiger partial charge in [0.15, 0.2) is 0 Å². The van der Waals surface area contributed by atoms with Crippen molar-refractivity contribution in [1.82, 2.24) is 0 Å². The van der Waals surface area contributed by atoms with Crippen molar-refractivity contribution in [2.45, 2.75) is 12.5 Å². The van der Waals surface area contributed by atoms with Crippen LogP contribution >= 0.6 is 11.8 Å². The summed E-state index contributed by atoms with van der Waals surface area (Å²) in [6.07, 6.45) is 2.25. The van der Waals surface area contributed by atoms with Gasteiger partial charge in [0.05, 0.1) is 12.7 Å². The van der Waals surface area contributed by atoms with Crippen LogP contribution in [-0.4, -0.2) is 34.4 Å². The minimum absolute atomic E-state index is 0.138. The van der Waals surface area contributed by atoms with Gasteiger partial charge in [-0.1, -0.05) is 6.08 Å². The molecule has 0 aromatic carbocycles. The van der Waals surface area contributed by atoms with Crippen LogP contribution in [0.1, 0.15) is 6.42 Å². The molecule has 0 amide bonds. The first kappa shape index (κ1) is 10.0. The van der Waals surface area contributed by atoms with Gasteiger partial charge in [0.2, 0.25) is 0 Å². The molecule has 2 N–H and O–H groups in total. The Morgan fingerprint density at radius 2 is 2.30 bits per heavy atom. The first-order chi connectivity index (χ1) is 4.81. The second-order valence-electron chi connectivity index (χ2n) is 1.99. The summed E-state index contributed by atoms with van der Waals surface area (Å²) in [4.78, 5) is 0.